The Morgan fingerprint density at radius 3 is 2.77 bits per heavy atom. The molecule has 1 aliphatic heterocycles. The van der Waals surface area contributed by atoms with E-state index in [0.717, 1.165) is 6.08 Å². The third-order valence-electron chi connectivity index (χ3n) is 1.64. The van der Waals surface area contributed by atoms with Crippen molar-refractivity contribution in [3.05, 3.63) is 11.8 Å². The molecular weight excluding hydrogens is 180 g/mol. The van der Waals surface area contributed by atoms with Crippen LogP contribution >= 0.6 is 0 Å². The number of aliphatic hydroxyl groups is 2. The van der Waals surface area contributed by atoms with E-state index in [4.69, 9.17) is 14.9 Å². The zero-order valence-corrected chi connectivity index (χ0v) is 6.88. The van der Waals surface area contributed by atoms with Gasteiger partial charge in [-0.05, 0) is 6.08 Å². The normalized spacial score (nSPS) is 34.0. The lowest BCUT2D eigenvalue weighted by Gasteiger charge is -2.28. The van der Waals surface area contributed by atoms with Crippen LogP contribution in [0.15, 0.2) is 11.8 Å². The summed E-state index contributed by atoms with van der Waals surface area (Å²) in [5, 5.41) is 26.8. The van der Waals surface area contributed by atoms with Gasteiger partial charge in [0.15, 0.2) is 18.5 Å². The summed E-state index contributed by atoms with van der Waals surface area (Å²) in [6.45, 7) is 0. The Morgan fingerprint density at radius 1 is 1.69 bits per heavy atom. The maximum Gasteiger partial charge on any atom is 0.337 e. The molecule has 0 radical (unpaired) electrons. The molecule has 13 heavy (non-hydrogen) atoms. The van der Waals surface area contributed by atoms with E-state index in [2.05, 4.69) is 4.74 Å². The lowest BCUT2D eigenvalue weighted by atomic mass is 10.1. The molecule has 0 bridgehead atoms. The molecule has 0 saturated heterocycles. The molecule has 1 rings (SSSR count). The summed E-state index contributed by atoms with van der Waals surface area (Å²) >= 11 is 0. The maximum atomic E-state index is 10.5. The van der Waals surface area contributed by atoms with E-state index in [1.807, 2.05) is 0 Å². The molecule has 6 heteroatoms. The van der Waals surface area contributed by atoms with Crippen molar-refractivity contribution in [1.82, 2.24) is 0 Å². The first-order valence-electron chi connectivity index (χ1n) is 3.56. The van der Waals surface area contributed by atoms with Crippen molar-refractivity contribution in [1.29, 1.82) is 0 Å². The van der Waals surface area contributed by atoms with E-state index >= 15 is 0 Å². The van der Waals surface area contributed by atoms with Crippen LogP contribution in [-0.4, -0.2) is 46.9 Å². The van der Waals surface area contributed by atoms with Crippen LogP contribution in [0.4, 0.5) is 0 Å². The summed E-state index contributed by atoms with van der Waals surface area (Å²) in [5.41, 5.74) is 0. The number of rotatable bonds is 2. The van der Waals surface area contributed by atoms with E-state index in [1.54, 1.807) is 0 Å². The fraction of sp³-hybridized carbons (Fsp3) is 0.571. The first-order valence-corrected chi connectivity index (χ1v) is 3.56. The first-order chi connectivity index (χ1) is 6.06. The quantitative estimate of drug-likeness (QED) is 0.530. The van der Waals surface area contributed by atoms with Crippen LogP contribution in [0.5, 0.6) is 0 Å². The Balaban J connectivity index is 2.80. The first kappa shape index (κ1) is 9.97. The average Bonchev–Trinajstić information content (AvgIpc) is 2.09. The van der Waals surface area contributed by atoms with Crippen LogP contribution < -0.4 is 0 Å². The van der Waals surface area contributed by atoms with Gasteiger partial charge in [0.2, 0.25) is 0 Å². The monoisotopic (exact) mass is 190 g/mol. The predicted octanol–water partition coefficient (Wildman–Crippen LogP) is -0.755. The van der Waals surface area contributed by atoms with E-state index in [-0.39, 0.29) is 0 Å². The summed E-state index contributed by atoms with van der Waals surface area (Å²) in [4.78, 5) is 10.5. The highest BCUT2D eigenvalue weighted by Crippen LogP contribution is 2.18. The summed E-state index contributed by atoms with van der Waals surface area (Å²) in [6, 6.07) is 0. The smallest absolute Gasteiger partial charge is 0.337 e. The highest BCUT2D eigenvalue weighted by atomic mass is 16.7. The molecule has 1 unspecified atom stereocenters. The fourth-order valence-electron chi connectivity index (χ4n) is 0.965. The molecule has 0 aromatic carbocycles. The van der Waals surface area contributed by atoms with Gasteiger partial charge in [0.25, 0.3) is 0 Å². The fourth-order valence-corrected chi connectivity index (χ4v) is 0.965. The summed E-state index contributed by atoms with van der Waals surface area (Å²) in [5.74, 6) is -1.70. The number of hydrogen-bond acceptors (Lipinski definition) is 5. The summed E-state index contributed by atoms with van der Waals surface area (Å²) in [6.07, 6.45) is -2.84. The zero-order chi connectivity index (χ0) is 10.0. The van der Waals surface area contributed by atoms with Gasteiger partial charge in [-0.3, -0.25) is 0 Å². The molecule has 0 aromatic heterocycles. The third-order valence-corrected chi connectivity index (χ3v) is 1.64. The number of aliphatic carboxylic acids is 1. The van der Waals surface area contributed by atoms with Crippen molar-refractivity contribution in [2.75, 3.05) is 7.11 Å². The highest BCUT2D eigenvalue weighted by Gasteiger charge is 2.34. The van der Waals surface area contributed by atoms with Gasteiger partial charge < -0.3 is 24.8 Å². The number of hydrogen-bond donors (Lipinski definition) is 3. The second-order valence-electron chi connectivity index (χ2n) is 2.54. The van der Waals surface area contributed by atoms with Crippen LogP contribution in [0.1, 0.15) is 0 Å². The number of carboxylic acid groups (broad SMARTS) is 1. The van der Waals surface area contributed by atoms with Gasteiger partial charge in [0, 0.05) is 7.11 Å². The van der Waals surface area contributed by atoms with Crippen molar-refractivity contribution in [2.24, 2.45) is 0 Å². The Labute approximate surface area is 74.0 Å². The number of ether oxygens (including phenoxy) is 2. The average molecular weight is 190 g/mol. The van der Waals surface area contributed by atoms with Gasteiger partial charge in [-0.1, -0.05) is 0 Å². The third kappa shape index (κ3) is 1.97. The second-order valence-corrected chi connectivity index (χ2v) is 2.54. The van der Waals surface area contributed by atoms with Crippen LogP contribution in [0.3, 0.4) is 0 Å². The molecule has 0 aliphatic carbocycles. The Kier molecular flexibility index (Phi) is 2.86. The van der Waals surface area contributed by atoms with Crippen molar-refractivity contribution >= 4 is 5.97 Å². The molecule has 1 heterocycles. The van der Waals surface area contributed by atoms with Crippen molar-refractivity contribution in [2.45, 2.75) is 18.5 Å². The lowest BCUT2D eigenvalue weighted by Crippen LogP contribution is -2.42. The SMILES string of the molecule is CO[C@@H]1OC(C(=O)O)C=C(O)[C@@H]1O. The minimum atomic E-state index is -1.33. The van der Waals surface area contributed by atoms with Crippen LogP contribution in [0.25, 0.3) is 0 Å². The number of carboxylic acids is 1. The molecule has 6 nitrogen and oxygen atoms in total. The molecule has 0 aromatic rings. The van der Waals surface area contributed by atoms with Crippen molar-refractivity contribution in [3.63, 3.8) is 0 Å². The molecule has 0 amide bonds. The molecule has 0 fully saturated rings. The number of methoxy groups -OCH3 is 1. The number of carbonyl (C=O) groups is 1. The minimum Gasteiger partial charge on any atom is -0.510 e. The topological polar surface area (TPSA) is 96.2 Å². The second kappa shape index (κ2) is 3.73. The van der Waals surface area contributed by atoms with Crippen molar-refractivity contribution < 1.29 is 29.6 Å². The predicted molar refractivity (Wildman–Crippen MR) is 40.0 cm³/mol. The standard InChI is InChI=1S/C7H10O6/c1-12-7-5(9)3(8)2-4(13-7)6(10)11/h2,4-5,7-9H,1H3,(H,10,11)/t4?,5-,7+/m0/s1. The van der Waals surface area contributed by atoms with E-state index in [1.165, 1.54) is 7.11 Å². The van der Waals surface area contributed by atoms with E-state index in [0.29, 0.717) is 0 Å². The molecule has 3 atom stereocenters. The van der Waals surface area contributed by atoms with Gasteiger partial charge in [0.05, 0.1) is 0 Å². The maximum absolute atomic E-state index is 10.5. The molecule has 0 spiro atoms. The molecule has 1 aliphatic rings. The van der Waals surface area contributed by atoms with Gasteiger partial charge >= 0.3 is 5.97 Å². The van der Waals surface area contributed by atoms with Crippen LogP contribution in [0, 0.1) is 0 Å². The highest BCUT2D eigenvalue weighted by molar-refractivity contribution is 5.75. The lowest BCUT2D eigenvalue weighted by molar-refractivity contribution is -0.209. The Hall–Kier alpha value is -1.11. The minimum absolute atomic E-state index is 0.453. The number of aliphatic hydroxyl groups excluding tert-OH is 2. The van der Waals surface area contributed by atoms with Gasteiger partial charge in [-0.25, -0.2) is 4.79 Å². The zero-order valence-electron chi connectivity index (χ0n) is 6.88. The summed E-state index contributed by atoms with van der Waals surface area (Å²) in [7, 11) is 1.24. The largest absolute Gasteiger partial charge is 0.510 e. The molecule has 0 saturated carbocycles. The van der Waals surface area contributed by atoms with Crippen LogP contribution in [-0.2, 0) is 14.3 Å². The van der Waals surface area contributed by atoms with Crippen molar-refractivity contribution in [3.8, 4) is 0 Å². The van der Waals surface area contributed by atoms with Gasteiger partial charge in [0.1, 0.15) is 5.76 Å². The van der Waals surface area contributed by atoms with Gasteiger partial charge in [-0.2, -0.15) is 0 Å². The van der Waals surface area contributed by atoms with Crippen LogP contribution in [0.2, 0.25) is 0 Å². The molecule has 3 N–H and O–H groups in total. The Morgan fingerprint density at radius 2 is 2.31 bits per heavy atom. The molecule has 74 valence electrons. The molecular formula is C7H10O6. The van der Waals surface area contributed by atoms with E-state index in [9.17, 15) is 9.90 Å². The van der Waals surface area contributed by atoms with E-state index < -0.39 is 30.2 Å². The Bertz CT molecular complexity index is 235. The van der Waals surface area contributed by atoms with Gasteiger partial charge in [-0.15, -0.1) is 0 Å². The summed E-state index contributed by atoms with van der Waals surface area (Å²) < 4.78 is 9.39.